The molecular weight excluding hydrogens is 336 g/mol. The molecule has 5 heteroatoms. The van der Waals surface area contributed by atoms with Crippen LogP contribution in [0.5, 0.6) is 0 Å². The summed E-state index contributed by atoms with van der Waals surface area (Å²) >= 11 is 0. The highest BCUT2D eigenvalue weighted by Gasteiger charge is 2.05. The summed E-state index contributed by atoms with van der Waals surface area (Å²) in [6, 6.07) is 16.7. The molecule has 0 saturated carbocycles. The van der Waals surface area contributed by atoms with Gasteiger partial charge in [0.1, 0.15) is 0 Å². The highest BCUT2D eigenvalue weighted by molar-refractivity contribution is 5.83. The van der Waals surface area contributed by atoms with Crippen molar-refractivity contribution in [1.82, 2.24) is 15.6 Å². The second kappa shape index (κ2) is 9.78. The summed E-state index contributed by atoms with van der Waals surface area (Å²) in [5.74, 6) is 0.807. The fourth-order valence-electron chi connectivity index (χ4n) is 3.14. The smallest absolute Gasteiger partial charge is 0.191 e. The number of rotatable bonds is 8. The molecule has 0 spiro atoms. The number of para-hydroxylation sites is 1. The number of aromatic amines is 1. The van der Waals surface area contributed by atoms with Crippen LogP contribution in [-0.2, 0) is 24.3 Å². The molecule has 3 aromatic rings. The molecule has 5 nitrogen and oxygen atoms in total. The predicted octanol–water partition coefficient (Wildman–Crippen LogP) is 3.61. The zero-order valence-electron chi connectivity index (χ0n) is 16.1. The molecule has 0 radical (unpaired) electrons. The average Bonchev–Trinajstić information content (AvgIpc) is 3.13. The SMILES string of the molecule is CCOCc1ccccc1CNC(=NC)NCCc1c[nH]c2ccccc12. The third-order valence-corrected chi connectivity index (χ3v) is 4.61. The lowest BCUT2D eigenvalue weighted by Gasteiger charge is -2.14. The number of aromatic nitrogens is 1. The Labute approximate surface area is 160 Å². The Morgan fingerprint density at radius 2 is 1.78 bits per heavy atom. The lowest BCUT2D eigenvalue weighted by Crippen LogP contribution is -2.38. The maximum atomic E-state index is 5.56. The van der Waals surface area contributed by atoms with Crippen molar-refractivity contribution in [2.75, 3.05) is 20.2 Å². The van der Waals surface area contributed by atoms with Crippen LogP contribution in [0.15, 0.2) is 59.7 Å². The van der Waals surface area contributed by atoms with E-state index in [-0.39, 0.29) is 0 Å². The number of hydrogen-bond donors (Lipinski definition) is 3. The molecule has 2 aromatic carbocycles. The molecule has 0 aliphatic carbocycles. The zero-order valence-corrected chi connectivity index (χ0v) is 16.1. The normalized spacial score (nSPS) is 11.7. The van der Waals surface area contributed by atoms with E-state index in [1.807, 2.05) is 13.0 Å². The van der Waals surface area contributed by atoms with Gasteiger partial charge in [-0.25, -0.2) is 0 Å². The van der Waals surface area contributed by atoms with Crippen molar-refractivity contribution in [3.8, 4) is 0 Å². The average molecular weight is 364 g/mol. The second-order valence-corrected chi connectivity index (χ2v) is 6.37. The Kier molecular flexibility index (Phi) is 6.88. The molecule has 3 N–H and O–H groups in total. The largest absolute Gasteiger partial charge is 0.377 e. The predicted molar refractivity (Wildman–Crippen MR) is 112 cm³/mol. The molecule has 0 saturated heterocycles. The van der Waals surface area contributed by atoms with E-state index in [2.05, 4.69) is 69.3 Å². The van der Waals surface area contributed by atoms with Crippen LogP contribution in [0.4, 0.5) is 0 Å². The molecular formula is C22H28N4O. The maximum absolute atomic E-state index is 5.56. The lowest BCUT2D eigenvalue weighted by atomic mass is 10.1. The minimum Gasteiger partial charge on any atom is -0.377 e. The van der Waals surface area contributed by atoms with Gasteiger partial charge in [0.05, 0.1) is 6.61 Å². The van der Waals surface area contributed by atoms with Gasteiger partial charge in [0.15, 0.2) is 5.96 Å². The summed E-state index contributed by atoms with van der Waals surface area (Å²) in [5, 5.41) is 8.08. The molecule has 0 aliphatic rings. The van der Waals surface area contributed by atoms with Crippen molar-refractivity contribution in [3.05, 3.63) is 71.4 Å². The van der Waals surface area contributed by atoms with Crippen LogP contribution in [0.3, 0.4) is 0 Å². The fraction of sp³-hybridized carbons (Fsp3) is 0.318. The number of H-pyrrole nitrogens is 1. The van der Waals surface area contributed by atoms with Crippen LogP contribution in [0.2, 0.25) is 0 Å². The molecule has 0 amide bonds. The van der Waals surface area contributed by atoms with Gasteiger partial charge in [-0.1, -0.05) is 42.5 Å². The molecule has 27 heavy (non-hydrogen) atoms. The van der Waals surface area contributed by atoms with Gasteiger partial charge in [-0.05, 0) is 36.1 Å². The quantitative estimate of drug-likeness (QED) is 0.423. The van der Waals surface area contributed by atoms with Gasteiger partial charge in [-0.3, -0.25) is 4.99 Å². The van der Waals surface area contributed by atoms with Crippen LogP contribution < -0.4 is 10.6 Å². The van der Waals surface area contributed by atoms with Crippen molar-refractivity contribution in [2.45, 2.75) is 26.5 Å². The van der Waals surface area contributed by atoms with Crippen LogP contribution in [0.1, 0.15) is 23.6 Å². The Morgan fingerprint density at radius 1 is 1.00 bits per heavy atom. The number of fused-ring (bicyclic) bond motifs is 1. The molecule has 1 aromatic heterocycles. The molecule has 3 rings (SSSR count). The Hall–Kier alpha value is -2.79. The minimum absolute atomic E-state index is 0.640. The molecule has 0 aliphatic heterocycles. The first-order chi connectivity index (χ1) is 13.3. The monoisotopic (exact) mass is 364 g/mol. The van der Waals surface area contributed by atoms with Gasteiger partial charge in [0, 0.05) is 43.8 Å². The highest BCUT2D eigenvalue weighted by Crippen LogP contribution is 2.17. The van der Waals surface area contributed by atoms with Crippen molar-refractivity contribution in [2.24, 2.45) is 4.99 Å². The van der Waals surface area contributed by atoms with Gasteiger partial charge in [0.2, 0.25) is 0 Å². The van der Waals surface area contributed by atoms with Crippen LogP contribution in [-0.4, -0.2) is 31.1 Å². The van der Waals surface area contributed by atoms with E-state index in [0.717, 1.165) is 32.1 Å². The van der Waals surface area contributed by atoms with E-state index >= 15 is 0 Å². The number of hydrogen-bond acceptors (Lipinski definition) is 2. The Morgan fingerprint density at radius 3 is 2.59 bits per heavy atom. The molecule has 1 heterocycles. The van der Waals surface area contributed by atoms with E-state index in [4.69, 9.17) is 4.74 Å². The molecule has 0 unspecified atom stereocenters. The third-order valence-electron chi connectivity index (χ3n) is 4.61. The number of nitrogens with zero attached hydrogens (tertiary/aromatic N) is 1. The van der Waals surface area contributed by atoms with E-state index < -0.39 is 0 Å². The number of aliphatic imine (C=N–C) groups is 1. The summed E-state index contributed by atoms with van der Waals surface area (Å²) in [4.78, 5) is 7.66. The van der Waals surface area contributed by atoms with Gasteiger partial charge < -0.3 is 20.4 Å². The first kappa shape index (κ1) is 19.0. The Balaban J connectivity index is 1.51. The third kappa shape index (κ3) is 5.11. The van der Waals surface area contributed by atoms with Gasteiger partial charge in [-0.2, -0.15) is 0 Å². The molecule has 0 bridgehead atoms. The second-order valence-electron chi connectivity index (χ2n) is 6.37. The Bertz CT molecular complexity index is 885. The summed E-state index contributed by atoms with van der Waals surface area (Å²) < 4.78 is 5.56. The van der Waals surface area contributed by atoms with Gasteiger partial charge in [0.25, 0.3) is 0 Å². The summed E-state index contributed by atoms with van der Waals surface area (Å²) in [7, 11) is 1.80. The molecule has 0 fully saturated rings. The van der Waals surface area contributed by atoms with Crippen LogP contribution in [0, 0.1) is 0 Å². The zero-order chi connectivity index (χ0) is 18.9. The van der Waals surface area contributed by atoms with Crippen molar-refractivity contribution >= 4 is 16.9 Å². The van der Waals surface area contributed by atoms with Gasteiger partial charge >= 0.3 is 0 Å². The molecule has 0 atom stereocenters. The number of guanidine groups is 1. The number of benzene rings is 2. The highest BCUT2D eigenvalue weighted by atomic mass is 16.5. The van der Waals surface area contributed by atoms with Crippen molar-refractivity contribution < 1.29 is 4.74 Å². The summed E-state index contributed by atoms with van der Waals surface area (Å²) in [6.07, 6.45) is 3.03. The van der Waals surface area contributed by atoms with E-state index in [0.29, 0.717) is 6.61 Å². The standard InChI is InChI=1S/C22H28N4O/c1-3-27-16-19-9-5-4-8-17(19)14-26-22(23-2)24-13-12-18-15-25-21-11-7-6-10-20(18)21/h4-11,15,25H,3,12-14,16H2,1-2H3,(H2,23,24,26). The number of nitrogens with one attached hydrogen (secondary N) is 3. The first-order valence-corrected chi connectivity index (χ1v) is 9.46. The minimum atomic E-state index is 0.640. The summed E-state index contributed by atoms with van der Waals surface area (Å²) in [5.41, 5.74) is 4.93. The van der Waals surface area contributed by atoms with E-state index in [1.165, 1.54) is 27.6 Å². The lowest BCUT2D eigenvalue weighted by molar-refractivity contribution is 0.133. The topological polar surface area (TPSA) is 61.4 Å². The number of ether oxygens (including phenoxy) is 1. The summed E-state index contributed by atoms with van der Waals surface area (Å²) in [6.45, 7) is 4.91. The first-order valence-electron chi connectivity index (χ1n) is 9.46. The van der Waals surface area contributed by atoms with E-state index in [1.54, 1.807) is 7.05 Å². The van der Waals surface area contributed by atoms with E-state index in [9.17, 15) is 0 Å². The maximum Gasteiger partial charge on any atom is 0.191 e. The molecule has 142 valence electrons. The van der Waals surface area contributed by atoms with Crippen molar-refractivity contribution in [3.63, 3.8) is 0 Å². The van der Waals surface area contributed by atoms with Gasteiger partial charge in [-0.15, -0.1) is 0 Å². The van der Waals surface area contributed by atoms with Crippen molar-refractivity contribution in [1.29, 1.82) is 0 Å². The van der Waals surface area contributed by atoms with Crippen LogP contribution >= 0.6 is 0 Å². The van der Waals surface area contributed by atoms with Crippen LogP contribution in [0.25, 0.3) is 10.9 Å². The fourth-order valence-corrected chi connectivity index (χ4v) is 3.14.